The number of hydrogen-bond donors (Lipinski definition) is 1. The Morgan fingerprint density at radius 1 is 1.09 bits per heavy atom. The summed E-state index contributed by atoms with van der Waals surface area (Å²) >= 11 is 0. The second kappa shape index (κ2) is 4.08. The van der Waals surface area contributed by atoms with Gasteiger partial charge in [0.1, 0.15) is 17.8 Å². The van der Waals surface area contributed by atoms with Gasteiger partial charge in [-0.15, -0.1) is 0 Å². The van der Waals surface area contributed by atoms with Gasteiger partial charge in [0.2, 0.25) is 0 Å². The third-order valence-corrected chi connectivity index (χ3v) is 8.68. The Morgan fingerprint density at radius 3 is 2.65 bits per heavy atom. The standard InChI is InChI=1S/C19H26O4/c1-17-6-4-11-10(12(17)9-14(21)15(17)22)3-8-19-16(23-19)13(20)5-7-18(11,19)2/h10-12,14,16,21H,3-9H2,1-2H3/t10?,11?,12?,14-,16+,17+,18-,19+/m1/s1. The van der Waals surface area contributed by atoms with Crippen molar-refractivity contribution in [1.82, 2.24) is 0 Å². The topological polar surface area (TPSA) is 66.9 Å². The van der Waals surface area contributed by atoms with E-state index in [1.54, 1.807) is 0 Å². The maximum Gasteiger partial charge on any atom is 0.167 e. The fraction of sp³-hybridized carbons (Fsp3) is 0.895. The normalized spacial score (nSPS) is 60.6. The van der Waals surface area contributed by atoms with Gasteiger partial charge in [0.15, 0.2) is 11.6 Å². The van der Waals surface area contributed by atoms with Crippen LogP contribution in [0.25, 0.3) is 0 Å². The molecule has 0 amide bonds. The molecule has 4 saturated carbocycles. The molecule has 1 N–H and O–H groups in total. The number of rotatable bonds is 0. The van der Waals surface area contributed by atoms with E-state index in [9.17, 15) is 14.7 Å². The monoisotopic (exact) mass is 318 g/mol. The van der Waals surface area contributed by atoms with Gasteiger partial charge >= 0.3 is 0 Å². The third kappa shape index (κ3) is 1.47. The van der Waals surface area contributed by atoms with Crippen molar-refractivity contribution in [3.63, 3.8) is 0 Å². The first-order valence-electron chi connectivity index (χ1n) is 9.26. The fourth-order valence-corrected chi connectivity index (χ4v) is 7.29. The van der Waals surface area contributed by atoms with Crippen LogP contribution in [0.5, 0.6) is 0 Å². The van der Waals surface area contributed by atoms with Crippen molar-refractivity contribution in [2.24, 2.45) is 28.6 Å². The summed E-state index contributed by atoms with van der Waals surface area (Å²) in [5, 5.41) is 10.2. The van der Waals surface area contributed by atoms with Crippen LogP contribution in [0.1, 0.15) is 58.8 Å². The highest BCUT2D eigenvalue weighted by Crippen LogP contribution is 2.71. The number of aliphatic hydroxyl groups is 1. The predicted molar refractivity (Wildman–Crippen MR) is 82.6 cm³/mol. The van der Waals surface area contributed by atoms with Gasteiger partial charge in [0, 0.05) is 17.3 Å². The van der Waals surface area contributed by atoms with Crippen LogP contribution in [0.3, 0.4) is 0 Å². The van der Waals surface area contributed by atoms with Crippen LogP contribution in [0.15, 0.2) is 0 Å². The van der Waals surface area contributed by atoms with E-state index in [1.807, 2.05) is 0 Å². The van der Waals surface area contributed by atoms with Gasteiger partial charge < -0.3 is 9.84 Å². The molecule has 23 heavy (non-hydrogen) atoms. The van der Waals surface area contributed by atoms with E-state index in [1.165, 1.54) is 0 Å². The molecule has 5 fully saturated rings. The lowest BCUT2D eigenvalue weighted by atomic mass is 9.45. The zero-order valence-electron chi connectivity index (χ0n) is 14.0. The molecule has 0 aromatic heterocycles. The molecule has 0 bridgehead atoms. The second-order valence-corrected chi connectivity index (χ2v) is 9.26. The third-order valence-electron chi connectivity index (χ3n) is 8.68. The molecule has 4 aliphatic carbocycles. The minimum absolute atomic E-state index is 0.0748. The molecule has 4 heteroatoms. The van der Waals surface area contributed by atoms with Gasteiger partial charge in [0.05, 0.1) is 0 Å². The van der Waals surface area contributed by atoms with Crippen molar-refractivity contribution in [3.8, 4) is 0 Å². The molecule has 5 rings (SSSR count). The van der Waals surface area contributed by atoms with Crippen molar-refractivity contribution in [1.29, 1.82) is 0 Å². The summed E-state index contributed by atoms with van der Waals surface area (Å²) in [6.07, 6.45) is 5.25. The highest BCUT2D eigenvalue weighted by molar-refractivity contribution is 5.91. The lowest BCUT2D eigenvalue weighted by molar-refractivity contribution is -0.142. The Balaban J connectivity index is 1.52. The highest BCUT2D eigenvalue weighted by Gasteiger charge is 2.76. The second-order valence-electron chi connectivity index (χ2n) is 9.26. The molecule has 0 aromatic rings. The first-order chi connectivity index (χ1) is 10.8. The molecular formula is C19H26O4. The number of fused-ring (bicyclic) bond motifs is 4. The van der Waals surface area contributed by atoms with E-state index < -0.39 is 6.10 Å². The summed E-state index contributed by atoms with van der Waals surface area (Å²) in [6.45, 7) is 4.42. The molecule has 0 radical (unpaired) electrons. The summed E-state index contributed by atoms with van der Waals surface area (Å²) in [6, 6.07) is 0. The molecule has 8 atom stereocenters. The maximum absolute atomic E-state index is 12.5. The van der Waals surface area contributed by atoms with Crippen molar-refractivity contribution in [3.05, 3.63) is 0 Å². The number of Topliss-reactive ketones (excluding diaryl/α,β-unsaturated/α-hetero) is 2. The van der Waals surface area contributed by atoms with Crippen LogP contribution in [0.4, 0.5) is 0 Å². The minimum atomic E-state index is -0.759. The number of carbonyl (C=O) groups excluding carboxylic acids is 2. The lowest BCUT2D eigenvalue weighted by Gasteiger charge is -2.58. The van der Waals surface area contributed by atoms with Crippen LogP contribution >= 0.6 is 0 Å². The highest BCUT2D eigenvalue weighted by atomic mass is 16.6. The van der Waals surface area contributed by atoms with Crippen molar-refractivity contribution >= 4 is 11.6 Å². The SMILES string of the molecule is C[C@]12CCC3C(CC[C@]45O[C@H]4C(=O)CC[C@]35C)C1C[C@@H](O)C2=O. The first-order valence-corrected chi connectivity index (χ1v) is 9.26. The Morgan fingerprint density at radius 2 is 1.87 bits per heavy atom. The van der Waals surface area contributed by atoms with Crippen molar-refractivity contribution < 1.29 is 19.4 Å². The van der Waals surface area contributed by atoms with Crippen molar-refractivity contribution in [2.45, 2.75) is 76.6 Å². The maximum atomic E-state index is 12.5. The first kappa shape index (κ1) is 14.6. The Kier molecular flexibility index (Phi) is 2.59. The molecule has 1 aliphatic heterocycles. The zero-order valence-corrected chi connectivity index (χ0v) is 14.0. The Hall–Kier alpha value is -0.740. The van der Waals surface area contributed by atoms with Crippen LogP contribution in [0.2, 0.25) is 0 Å². The van der Waals surface area contributed by atoms with Gasteiger partial charge in [-0.05, 0) is 56.3 Å². The molecule has 5 aliphatic rings. The van der Waals surface area contributed by atoms with Crippen LogP contribution < -0.4 is 0 Å². The molecular weight excluding hydrogens is 292 g/mol. The average Bonchev–Trinajstić information content (AvgIpc) is 3.22. The largest absolute Gasteiger partial charge is 0.385 e. The Labute approximate surface area is 137 Å². The Bertz CT molecular complexity index is 614. The predicted octanol–water partition coefficient (Wildman–Crippen LogP) is 2.27. The van der Waals surface area contributed by atoms with Crippen LogP contribution in [-0.2, 0) is 14.3 Å². The zero-order chi connectivity index (χ0) is 16.2. The average molecular weight is 318 g/mol. The molecule has 1 spiro atoms. The molecule has 4 nitrogen and oxygen atoms in total. The summed E-state index contributed by atoms with van der Waals surface area (Å²) in [4.78, 5) is 24.6. The number of carbonyl (C=O) groups is 2. The summed E-state index contributed by atoms with van der Waals surface area (Å²) in [5.74, 6) is 1.72. The van der Waals surface area contributed by atoms with E-state index in [2.05, 4.69) is 13.8 Å². The number of hydrogen-bond acceptors (Lipinski definition) is 4. The molecule has 126 valence electrons. The smallest absolute Gasteiger partial charge is 0.167 e. The number of ether oxygens (including phenoxy) is 1. The van der Waals surface area contributed by atoms with E-state index in [-0.39, 0.29) is 28.3 Å². The van der Waals surface area contributed by atoms with Gasteiger partial charge in [-0.2, -0.15) is 0 Å². The van der Waals surface area contributed by atoms with Crippen molar-refractivity contribution in [2.75, 3.05) is 0 Å². The van der Waals surface area contributed by atoms with E-state index in [4.69, 9.17) is 4.74 Å². The van der Waals surface area contributed by atoms with Gasteiger partial charge in [-0.3, -0.25) is 9.59 Å². The van der Waals surface area contributed by atoms with E-state index in [0.29, 0.717) is 36.4 Å². The van der Waals surface area contributed by atoms with E-state index >= 15 is 0 Å². The summed E-state index contributed by atoms with van der Waals surface area (Å²) in [7, 11) is 0. The fourth-order valence-electron chi connectivity index (χ4n) is 7.29. The lowest BCUT2D eigenvalue weighted by Crippen LogP contribution is -2.58. The van der Waals surface area contributed by atoms with Gasteiger partial charge in [-0.25, -0.2) is 0 Å². The van der Waals surface area contributed by atoms with Gasteiger partial charge in [-0.1, -0.05) is 13.8 Å². The quantitative estimate of drug-likeness (QED) is 0.696. The molecule has 1 saturated heterocycles. The van der Waals surface area contributed by atoms with Crippen LogP contribution in [-0.4, -0.2) is 34.5 Å². The number of ketones is 2. The number of aliphatic hydroxyl groups excluding tert-OH is 1. The summed E-state index contributed by atoms with van der Waals surface area (Å²) in [5.41, 5.74) is -0.444. The van der Waals surface area contributed by atoms with Gasteiger partial charge in [0.25, 0.3) is 0 Å². The van der Waals surface area contributed by atoms with E-state index in [0.717, 1.165) is 32.1 Å². The summed E-state index contributed by atoms with van der Waals surface area (Å²) < 4.78 is 6.05. The molecule has 3 unspecified atom stereocenters. The molecule has 1 heterocycles. The van der Waals surface area contributed by atoms with Crippen LogP contribution in [0, 0.1) is 28.6 Å². The minimum Gasteiger partial charge on any atom is -0.385 e. The molecule has 0 aromatic carbocycles. The number of epoxide rings is 1.